The van der Waals surface area contributed by atoms with E-state index in [1.165, 1.54) is 62.7 Å². The summed E-state index contributed by atoms with van der Waals surface area (Å²) in [5.74, 6) is 2.13. The number of aliphatic hydroxyl groups is 1. The van der Waals surface area contributed by atoms with Crippen LogP contribution in [0.25, 0.3) is 6.08 Å². The molecule has 1 unspecified atom stereocenters. The molecule has 2 aliphatic carbocycles. The molecule has 1 N–H and O–H groups in total. The fourth-order valence-corrected chi connectivity index (χ4v) is 7.25. The summed E-state index contributed by atoms with van der Waals surface area (Å²) in [6.45, 7) is 0. The maximum absolute atomic E-state index is 12.5. The van der Waals surface area contributed by atoms with E-state index in [1.54, 1.807) is 18.2 Å². The SMILES string of the molecule is COc1cc(N2C(=O)C=CC2=O)ccc1OC(O)/C=C/c1ccc(C2CCC(C3CCC(CCCC(F)(F)F)CC3)CC2)cc1. The number of nitrogens with zero attached hydrogens (tertiary/aromatic N) is 1. The maximum Gasteiger partial charge on any atom is 0.389 e. The lowest BCUT2D eigenvalue weighted by molar-refractivity contribution is -0.136. The smallest absolute Gasteiger partial charge is 0.389 e. The summed E-state index contributed by atoms with van der Waals surface area (Å²) in [6, 6.07) is 13.0. The molecule has 5 rings (SSSR count). The van der Waals surface area contributed by atoms with Crippen LogP contribution in [0.15, 0.2) is 60.7 Å². The second kappa shape index (κ2) is 14.7. The molecule has 2 amide bonds. The predicted molar refractivity (Wildman–Crippen MR) is 167 cm³/mol. The van der Waals surface area contributed by atoms with Crippen molar-refractivity contribution in [3.05, 3.63) is 71.8 Å². The van der Waals surface area contributed by atoms with Crippen molar-refractivity contribution in [2.75, 3.05) is 12.0 Å². The molecule has 9 heteroatoms. The van der Waals surface area contributed by atoms with E-state index < -0.39 is 30.7 Å². The van der Waals surface area contributed by atoms with Crippen molar-refractivity contribution in [2.24, 2.45) is 17.8 Å². The van der Waals surface area contributed by atoms with Gasteiger partial charge in [-0.25, -0.2) is 4.90 Å². The fourth-order valence-electron chi connectivity index (χ4n) is 7.25. The summed E-state index contributed by atoms with van der Waals surface area (Å²) >= 11 is 0. The van der Waals surface area contributed by atoms with Gasteiger partial charge in [0, 0.05) is 24.6 Å². The van der Waals surface area contributed by atoms with Gasteiger partial charge in [-0.1, -0.05) is 49.6 Å². The lowest BCUT2D eigenvalue weighted by atomic mass is 9.68. The first-order valence-corrected chi connectivity index (χ1v) is 16.0. The summed E-state index contributed by atoms with van der Waals surface area (Å²) in [5, 5.41) is 10.5. The van der Waals surface area contributed by atoms with Crippen molar-refractivity contribution in [3.63, 3.8) is 0 Å². The molecule has 1 aliphatic heterocycles. The molecular formula is C36H42F3NO5. The van der Waals surface area contributed by atoms with Gasteiger partial charge in [-0.05, 0) is 98.0 Å². The number of anilines is 1. The van der Waals surface area contributed by atoms with Gasteiger partial charge in [0.1, 0.15) is 0 Å². The number of benzene rings is 2. The van der Waals surface area contributed by atoms with Crippen molar-refractivity contribution in [3.8, 4) is 11.5 Å². The van der Waals surface area contributed by atoms with Crippen LogP contribution >= 0.6 is 0 Å². The van der Waals surface area contributed by atoms with Gasteiger partial charge in [0.05, 0.1) is 12.8 Å². The number of aliphatic hydroxyl groups excluding tert-OH is 1. The van der Waals surface area contributed by atoms with E-state index in [0.717, 1.165) is 48.0 Å². The molecule has 0 spiro atoms. The summed E-state index contributed by atoms with van der Waals surface area (Å²) in [6.07, 6.45) is 10.0. The number of rotatable bonds is 11. The minimum atomic E-state index is -4.03. The Balaban J connectivity index is 1.06. The van der Waals surface area contributed by atoms with E-state index in [4.69, 9.17) is 9.47 Å². The van der Waals surface area contributed by atoms with E-state index in [1.807, 2.05) is 12.1 Å². The van der Waals surface area contributed by atoms with Crippen LogP contribution in [-0.4, -0.2) is 36.5 Å². The number of carbonyl (C=O) groups is 2. The highest BCUT2D eigenvalue weighted by Gasteiger charge is 2.32. The molecule has 242 valence electrons. The Bertz CT molecular complexity index is 1350. The molecule has 1 heterocycles. The van der Waals surface area contributed by atoms with Crippen LogP contribution in [0, 0.1) is 17.8 Å². The summed E-state index contributed by atoms with van der Waals surface area (Å²) in [4.78, 5) is 25.0. The van der Waals surface area contributed by atoms with E-state index in [2.05, 4.69) is 12.1 Å². The highest BCUT2D eigenvalue weighted by Crippen LogP contribution is 2.45. The molecule has 2 fully saturated rings. The second-order valence-corrected chi connectivity index (χ2v) is 12.6. The van der Waals surface area contributed by atoms with Crippen molar-refractivity contribution < 1.29 is 37.3 Å². The predicted octanol–water partition coefficient (Wildman–Crippen LogP) is 8.35. The van der Waals surface area contributed by atoms with Crippen molar-refractivity contribution >= 4 is 23.6 Å². The third-order valence-electron chi connectivity index (χ3n) is 9.73. The van der Waals surface area contributed by atoms with E-state index in [9.17, 15) is 27.9 Å². The Morgan fingerprint density at radius 3 is 2.11 bits per heavy atom. The molecule has 0 saturated heterocycles. The first kappa shape index (κ1) is 32.8. The number of ether oxygens (including phenoxy) is 2. The molecule has 2 aromatic carbocycles. The highest BCUT2D eigenvalue weighted by atomic mass is 19.4. The molecule has 2 aromatic rings. The van der Waals surface area contributed by atoms with Crippen LogP contribution in [0.1, 0.15) is 87.7 Å². The largest absolute Gasteiger partial charge is 0.493 e. The van der Waals surface area contributed by atoms with Crippen LogP contribution in [-0.2, 0) is 9.59 Å². The van der Waals surface area contributed by atoms with Gasteiger partial charge >= 0.3 is 6.18 Å². The van der Waals surface area contributed by atoms with Crippen LogP contribution < -0.4 is 14.4 Å². The normalized spacial score (nSPS) is 24.8. The number of hydrogen-bond donors (Lipinski definition) is 1. The van der Waals surface area contributed by atoms with Crippen LogP contribution in [0.3, 0.4) is 0 Å². The minimum Gasteiger partial charge on any atom is -0.493 e. The number of halogens is 3. The van der Waals surface area contributed by atoms with Crippen LogP contribution in [0.4, 0.5) is 18.9 Å². The number of amides is 2. The lowest BCUT2D eigenvalue weighted by Gasteiger charge is -2.38. The maximum atomic E-state index is 12.5. The quantitative estimate of drug-likeness (QED) is 0.201. The van der Waals surface area contributed by atoms with Gasteiger partial charge < -0.3 is 14.6 Å². The average molecular weight is 626 g/mol. The Labute approximate surface area is 262 Å². The number of carbonyl (C=O) groups excluding carboxylic acids is 2. The zero-order chi connectivity index (χ0) is 32.0. The average Bonchev–Trinajstić information content (AvgIpc) is 3.37. The Hall–Kier alpha value is -3.59. The number of methoxy groups -OCH3 is 1. The molecule has 0 radical (unpaired) electrons. The van der Waals surface area contributed by atoms with E-state index >= 15 is 0 Å². The van der Waals surface area contributed by atoms with Crippen molar-refractivity contribution in [1.29, 1.82) is 0 Å². The van der Waals surface area contributed by atoms with Gasteiger partial charge in [0.25, 0.3) is 11.8 Å². The third-order valence-corrected chi connectivity index (χ3v) is 9.73. The molecule has 6 nitrogen and oxygen atoms in total. The highest BCUT2D eigenvalue weighted by molar-refractivity contribution is 6.28. The Kier molecular flexibility index (Phi) is 10.7. The Morgan fingerprint density at radius 2 is 1.51 bits per heavy atom. The lowest BCUT2D eigenvalue weighted by Crippen LogP contribution is -2.29. The van der Waals surface area contributed by atoms with E-state index in [-0.39, 0.29) is 17.9 Å². The number of alkyl halides is 3. The topological polar surface area (TPSA) is 76.1 Å². The first-order chi connectivity index (χ1) is 21.6. The molecule has 2 saturated carbocycles. The number of imide groups is 1. The molecule has 0 bridgehead atoms. The van der Waals surface area contributed by atoms with E-state index in [0.29, 0.717) is 23.9 Å². The zero-order valence-corrected chi connectivity index (χ0v) is 25.7. The zero-order valence-electron chi connectivity index (χ0n) is 25.7. The summed E-state index contributed by atoms with van der Waals surface area (Å²) in [5.41, 5.74) is 2.61. The second-order valence-electron chi connectivity index (χ2n) is 12.6. The molecule has 0 aromatic heterocycles. The van der Waals surface area contributed by atoms with Gasteiger partial charge in [0.15, 0.2) is 11.5 Å². The van der Waals surface area contributed by atoms with Gasteiger partial charge in [-0.15, -0.1) is 0 Å². The summed E-state index contributed by atoms with van der Waals surface area (Å²) in [7, 11) is 1.44. The molecule has 1 atom stereocenters. The van der Waals surface area contributed by atoms with Crippen LogP contribution in [0.5, 0.6) is 11.5 Å². The molecule has 3 aliphatic rings. The van der Waals surface area contributed by atoms with Gasteiger partial charge in [0.2, 0.25) is 6.29 Å². The molecule has 45 heavy (non-hydrogen) atoms. The Morgan fingerprint density at radius 1 is 0.889 bits per heavy atom. The molecular weight excluding hydrogens is 583 g/mol. The van der Waals surface area contributed by atoms with Gasteiger partial charge in [-0.3, -0.25) is 9.59 Å². The van der Waals surface area contributed by atoms with Gasteiger partial charge in [-0.2, -0.15) is 13.2 Å². The monoisotopic (exact) mass is 625 g/mol. The number of hydrogen-bond acceptors (Lipinski definition) is 5. The van der Waals surface area contributed by atoms with Crippen molar-refractivity contribution in [2.45, 2.75) is 89.0 Å². The summed E-state index contributed by atoms with van der Waals surface area (Å²) < 4.78 is 48.4. The van der Waals surface area contributed by atoms with Crippen LogP contribution in [0.2, 0.25) is 0 Å². The minimum absolute atomic E-state index is 0.267. The standard InChI is InChI=1S/C36H42F3NO5/c1-44-32-23-30(40-33(41)19-20-34(40)42)17-18-31(32)45-35(43)21-8-25-6-11-27(12-7-25)29-15-13-28(14-16-29)26-9-4-24(5-10-26)3-2-22-36(37,38)39/h6-8,11-12,17-21,23-24,26,28-29,35,43H,2-5,9-10,13-16,22H2,1H3/b21-8+. The fraction of sp³-hybridized carbons (Fsp3) is 0.500. The first-order valence-electron chi connectivity index (χ1n) is 16.0. The van der Waals surface area contributed by atoms with Crippen molar-refractivity contribution in [1.82, 2.24) is 0 Å². The third kappa shape index (κ3) is 8.78.